The number of carbonyl (C=O) groups excluding carboxylic acids is 1. The molecule has 16 heavy (non-hydrogen) atoms. The number of nitrogens with zero attached hydrogens (tertiary/aromatic N) is 1. The first-order chi connectivity index (χ1) is 7.47. The number of hydrogen-bond acceptors (Lipinski definition) is 5. The molecule has 1 N–H and O–H groups in total. The van der Waals surface area contributed by atoms with Crippen LogP contribution in [0.4, 0.5) is 5.69 Å². The van der Waals surface area contributed by atoms with Gasteiger partial charge in [-0.15, -0.1) is 0 Å². The average molecular weight is 225 g/mol. The average Bonchev–Trinajstić information content (AvgIpc) is 2.21. The van der Waals surface area contributed by atoms with Crippen LogP contribution in [0.15, 0.2) is 12.1 Å². The van der Waals surface area contributed by atoms with Crippen molar-refractivity contribution in [2.45, 2.75) is 13.8 Å². The molecular formula is C10H11NO5. The molecule has 6 nitrogen and oxygen atoms in total. The summed E-state index contributed by atoms with van der Waals surface area (Å²) in [6, 6.07) is 2.35. The summed E-state index contributed by atoms with van der Waals surface area (Å²) in [5.41, 5.74) is -0.177. The summed E-state index contributed by atoms with van der Waals surface area (Å²) in [7, 11) is 0. The minimum Gasteiger partial charge on any atom is -0.502 e. The summed E-state index contributed by atoms with van der Waals surface area (Å²) in [4.78, 5) is 21.2. The number of nitro benzene ring substituents is 1. The molecule has 0 amide bonds. The molecule has 0 aliphatic carbocycles. The van der Waals surface area contributed by atoms with E-state index in [-0.39, 0.29) is 17.7 Å². The fraction of sp³-hybridized carbons (Fsp3) is 0.300. The van der Waals surface area contributed by atoms with Crippen molar-refractivity contribution in [2.24, 2.45) is 0 Å². The van der Waals surface area contributed by atoms with Crippen LogP contribution in [0.5, 0.6) is 5.75 Å². The second kappa shape index (κ2) is 4.61. The summed E-state index contributed by atoms with van der Waals surface area (Å²) in [6.45, 7) is 3.30. The lowest BCUT2D eigenvalue weighted by atomic mass is 10.1. The number of aromatic hydroxyl groups is 1. The molecule has 0 unspecified atom stereocenters. The molecule has 1 rings (SSSR count). The van der Waals surface area contributed by atoms with Gasteiger partial charge in [0, 0.05) is 6.07 Å². The van der Waals surface area contributed by atoms with Gasteiger partial charge >= 0.3 is 11.7 Å². The number of esters is 1. The Kier molecular flexibility index (Phi) is 3.44. The number of benzene rings is 1. The lowest BCUT2D eigenvalue weighted by Gasteiger charge is -2.05. The smallest absolute Gasteiger partial charge is 0.338 e. The Morgan fingerprint density at radius 2 is 2.19 bits per heavy atom. The molecule has 0 bridgehead atoms. The van der Waals surface area contributed by atoms with Crippen molar-refractivity contribution in [3.05, 3.63) is 33.4 Å². The number of phenols is 1. The van der Waals surface area contributed by atoms with Gasteiger partial charge in [-0.3, -0.25) is 10.1 Å². The van der Waals surface area contributed by atoms with Crippen LogP contribution in [0, 0.1) is 17.0 Å². The van der Waals surface area contributed by atoms with Gasteiger partial charge in [-0.05, 0) is 25.5 Å². The lowest BCUT2D eigenvalue weighted by Crippen LogP contribution is -2.05. The van der Waals surface area contributed by atoms with E-state index in [1.807, 2.05) is 0 Å². The Morgan fingerprint density at radius 3 is 2.69 bits per heavy atom. The van der Waals surface area contributed by atoms with Crippen LogP contribution in [0.2, 0.25) is 0 Å². The van der Waals surface area contributed by atoms with Gasteiger partial charge in [0.1, 0.15) is 0 Å². The van der Waals surface area contributed by atoms with Crippen LogP contribution >= 0.6 is 0 Å². The Labute approximate surface area is 91.6 Å². The number of aryl methyl sites for hydroxylation is 1. The van der Waals surface area contributed by atoms with Crippen LogP contribution in [0.3, 0.4) is 0 Å². The highest BCUT2D eigenvalue weighted by Gasteiger charge is 2.20. The normalized spacial score (nSPS) is 9.88. The van der Waals surface area contributed by atoms with E-state index >= 15 is 0 Å². The standard InChI is InChI=1S/C10H11NO5/c1-3-16-10(13)7-4-6(2)9(12)8(5-7)11(14)15/h4-5,12H,3H2,1-2H3. The van der Waals surface area contributed by atoms with Crippen molar-refractivity contribution < 1.29 is 19.6 Å². The maximum atomic E-state index is 11.4. The largest absolute Gasteiger partial charge is 0.502 e. The van der Waals surface area contributed by atoms with Gasteiger partial charge in [-0.25, -0.2) is 4.79 Å². The highest BCUT2D eigenvalue weighted by Crippen LogP contribution is 2.30. The van der Waals surface area contributed by atoms with E-state index in [1.54, 1.807) is 6.92 Å². The van der Waals surface area contributed by atoms with Gasteiger partial charge in [-0.1, -0.05) is 0 Å². The van der Waals surface area contributed by atoms with E-state index in [4.69, 9.17) is 4.74 Å². The van der Waals surface area contributed by atoms with Gasteiger partial charge in [0.2, 0.25) is 0 Å². The minimum atomic E-state index is -0.745. The zero-order valence-electron chi connectivity index (χ0n) is 8.89. The number of hydrogen-bond donors (Lipinski definition) is 1. The molecule has 0 atom stereocenters. The van der Waals surface area contributed by atoms with Crippen molar-refractivity contribution >= 4 is 11.7 Å². The maximum absolute atomic E-state index is 11.4. The number of nitro groups is 1. The van der Waals surface area contributed by atoms with Crippen molar-refractivity contribution in [3.63, 3.8) is 0 Å². The molecule has 1 aromatic rings. The van der Waals surface area contributed by atoms with E-state index in [1.165, 1.54) is 13.0 Å². The molecule has 0 radical (unpaired) electrons. The second-order valence-corrected chi connectivity index (χ2v) is 3.14. The first kappa shape index (κ1) is 12.0. The molecule has 0 saturated heterocycles. The summed E-state index contributed by atoms with van der Waals surface area (Å²) in [5, 5.41) is 20.0. The summed E-state index contributed by atoms with van der Waals surface area (Å²) in [6.07, 6.45) is 0. The zero-order chi connectivity index (χ0) is 12.3. The Balaban J connectivity index is 3.24. The molecule has 0 spiro atoms. The third kappa shape index (κ3) is 2.28. The minimum absolute atomic E-state index is 0.0591. The molecule has 0 heterocycles. The topological polar surface area (TPSA) is 89.7 Å². The van der Waals surface area contributed by atoms with E-state index in [0.29, 0.717) is 0 Å². The predicted molar refractivity (Wildman–Crippen MR) is 55.5 cm³/mol. The molecule has 0 aromatic heterocycles. The first-order valence-electron chi connectivity index (χ1n) is 4.62. The molecule has 6 heteroatoms. The lowest BCUT2D eigenvalue weighted by molar-refractivity contribution is -0.385. The molecular weight excluding hydrogens is 214 g/mol. The van der Waals surface area contributed by atoms with Crippen LogP contribution in [0.1, 0.15) is 22.8 Å². The van der Waals surface area contributed by atoms with Crippen LogP contribution in [-0.2, 0) is 4.74 Å². The molecule has 0 saturated carbocycles. The van der Waals surface area contributed by atoms with Crippen LogP contribution in [-0.4, -0.2) is 22.6 Å². The molecule has 1 aromatic carbocycles. The van der Waals surface area contributed by atoms with Gasteiger partial charge in [0.15, 0.2) is 5.75 Å². The number of ether oxygens (including phenoxy) is 1. The van der Waals surface area contributed by atoms with Crippen molar-refractivity contribution in [2.75, 3.05) is 6.61 Å². The van der Waals surface area contributed by atoms with Gasteiger partial charge in [0.25, 0.3) is 0 Å². The van der Waals surface area contributed by atoms with Crippen molar-refractivity contribution in [1.29, 1.82) is 0 Å². The third-order valence-electron chi connectivity index (χ3n) is 1.99. The van der Waals surface area contributed by atoms with E-state index < -0.39 is 22.3 Å². The number of phenolic OH excluding ortho intramolecular Hbond substituents is 1. The van der Waals surface area contributed by atoms with Crippen molar-refractivity contribution in [1.82, 2.24) is 0 Å². The summed E-state index contributed by atoms with van der Waals surface area (Å²) < 4.78 is 4.71. The van der Waals surface area contributed by atoms with Crippen LogP contribution in [0.25, 0.3) is 0 Å². The van der Waals surface area contributed by atoms with Gasteiger partial charge < -0.3 is 9.84 Å². The number of carbonyl (C=O) groups is 1. The van der Waals surface area contributed by atoms with Crippen LogP contribution < -0.4 is 0 Å². The fourth-order valence-corrected chi connectivity index (χ4v) is 1.23. The van der Waals surface area contributed by atoms with Gasteiger partial charge in [0.05, 0.1) is 17.1 Å². The van der Waals surface area contributed by atoms with E-state index in [2.05, 4.69) is 0 Å². The van der Waals surface area contributed by atoms with Gasteiger partial charge in [-0.2, -0.15) is 0 Å². The monoisotopic (exact) mass is 225 g/mol. The molecule has 86 valence electrons. The maximum Gasteiger partial charge on any atom is 0.338 e. The second-order valence-electron chi connectivity index (χ2n) is 3.14. The Hall–Kier alpha value is -2.11. The zero-order valence-corrected chi connectivity index (χ0v) is 8.89. The molecule has 0 fully saturated rings. The molecule has 0 aliphatic heterocycles. The SMILES string of the molecule is CCOC(=O)c1cc(C)c(O)c([N+](=O)[O-])c1. The van der Waals surface area contributed by atoms with E-state index in [9.17, 15) is 20.0 Å². The Bertz CT molecular complexity index is 441. The third-order valence-corrected chi connectivity index (χ3v) is 1.99. The fourth-order valence-electron chi connectivity index (χ4n) is 1.23. The highest BCUT2D eigenvalue weighted by molar-refractivity contribution is 5.91. The number of rotatable bonds is 3. The highest BCUT2D eigenvalue weighted by atomic mass is 16.6. The summed E-state index contributed by atoms with van der Waals surface area (Å²) in [5.74, 6) is -1.08. The molecule has 0 aliphatic rings. The predicted octanol–water partition coefficient (Wildman–Crippen LogP) is 1.79. The first-order valence-corrected chi connectivity index (χ1v) is 4.62. The van der Waals surface area contributed by atoms with E-state index in [0.717, 1.165) is 6.07 Å². The Morgan fingerprint density at radius 1 is 1.56 bits per heavy atom. The quantitative estimate of drug-likeness (QED) is 0.481. The van der Waals surface area contributed by atoms with Crippen molar-refractivity contribution in [3.8, 4) is 5.75 Å². The summed E-state index contributed by atoms with van der Waals surface area (Å²) >= 11 is 0.